The van der Waals surface area contributed by atoms with Crippen LogP contribution in [0.3, 0.4) is 0 Å². The molecule has 0 fully saturated rings. The van der Waals surface area contributed by atoms with Crippen LogP contribution >= 0.6 is 15.9 Å². The Morgan fingerprint density at radius 1 is 1.50 bits per heavy atom. The maximum atomic E-state index is 5.21. The number of nitrogens with zero attached hydrogens (tertiary/aromatic N) is 4. The van der Waals surface area contributed by atoms with Crippen LogP contribution in [0.1, 0.15) is 29.4 Å². The standard InChI is InChI=1S/C12H15BrN4O/c1-3-10(13)11-8-17(16-15-11)7-9-5-4-6-14-12(9)18-2/h4-6,8,10H,3,7H2,1-2H3. The lowest BCUT2D eigenvalue weighted by molar-refractivity contribution is 0.390. The normalized spacial score (nSPS) is 12.4. The Labute approximate surface area is 114 Å². The summed E-state index contributed by atoms with van der Waals surface area (Å²) < 4.78 is 7.00. The highest BCUT2D eigenvalue weighted by Crippen LogP contribution is 2.23. The number of ether oxygens (including phenoxy) is 1. The molecule has 0 amide bonds. The van der Waals surface area contributed by atoms with Gasteiger partial charge in [0, 0.05) is 18.0 Å². The number of pyridine rings is 1. The van der Waals surface area contributed by atoms with E-state index in [0.717, 1.165) is 17.7 Å². The summed E-state index contributed by atoms with van der Waals surface area (Å²) in [6, 6.07) is 3.85. The molecule has 2 aromatic heterocycles. The number of aromatic nitrogens is 4. The number of methoxy groups -OCH3 is 1. The number of alkyl halides is 1. The molecule has 18 heavy (non-hydrogen) atoms. The molecule has 1 atom stereocenters. The van der Waals surface area contributed by atoms with Crippen LogP contribution in [0.5, 0.6) is 5.88 Å². The van der Waals surface area contributed by atoms with Gasteiger partial charge in [-0.25, -0.2) is 9.67 Å². The highest BCUT2D eigenvalue weighted by molar-refractivity contribution is 9.09. The van der Waals surface area contributed by atoms with Gasteiger partial charge in [-0.05, 0) is 12.5 Å². The second-order valence-electron chi connectivity index (χ2n) is 3.89. The van der Waals surface area contributed by atoms with Crippen molar-refractivity contribution in [2.75, 3.05) is 7.11 Å². The van der Waals surface area contributed by atoms with E-state index in [-0.39, 0.29) is 4.83 Å². The minimum absolute atomic E-state index is 0.252. The first kappa shape index (κ1) is 13.0. The lowest BCUT2D eigenvalue weighted by Gasteiger charge is -2.06. The van der Waals surface area contributed by atoms with Gasteiger partial charge >= 0.3 is 0 Å². The second-order valence-corrected chi connectivity index (χ2v) is 4.99. The minimum atomic E-state index is 0.252. The van der Waals surface area contributed by atoms with Crippen molar-refractivity contribution in [1.29, 1.82) is 0 Å². The van der Waals surface area contributed by atoms with Crippen molar-refractivity contribution >= 4 is 15.9 Å². The predicted octanol–water partition coefficient (Wildman–Crippen LogP) is 2.58. The van der Waals surface area contributed by atoms with Crippen LogP contribution in [0.4, 0.5) is 0 Å². The molecule has 0 aromatic carbocycles. The van der Waals surface area contributed by atoms with Gasteiger partial charge in [-0.15, -0.1) is 5.10 Å². The van der Waals surface area contributed by atoms with E-state index in [2.05, 4.69) is 38.1 Å². The van der Waals surface area contributed by atoms with E-state index < -0.39 is 0 Å². The molecular weight excluding hydrogens is 296 g/mol. The van der Waals surface area contributed by atoms with Crippen molar-refractivity contribution in [3.8, 4) is 5.88 Å². The number of halogens is 1. The molecule has 0 aliphatic rings. The molecule has 0 saturated carbocycles. The molecule has 0 N–H and O–H groups in total. The summed E-state index contributed by atoms with van der Waals surface area (Å²) in [5, 5.41) is 8.25. The minimum Gasteiger partial charge on any atom is -0.481 e. The summed E-state index contributed by atoms with van der Waals surface area (Å²) >= 11 is 3.56. The molecule has 0 saturated heterocycles. The average Bonchev–Trinajstić information content (AvgIpc) is 2.87. The monoisotopic (exact) mass is 310 g/mol. The fourth-order valence-corrected chi connectivity index (χ4v) is 1.86. The number of rotatable bonds is 5. The maximum Gasteiger partial charge on any atom is 0.218 e. The molecule has 0 radical (unpaired) electrons. The fourth-order valence-electron chi connectivity index (χ4n) is 1.65. The summed E-state index contributed by atoms with van der Waals surface area (Å²) in [6.45, 7) is 2.70. The predicted molar refractivity (Wildman–Crippen MR) is 71.9 cm³/mol. The Morgan fingerprint density at radius 3 is 3.06 bits per heavy atom. The molecule has 0 bridgehead atoms. The van der Waals surface area contributed by atoms with Gasteiger partial charge in [-0.2, -0.15) is 0 Å². The molecule has 2 aromatic rings. The van der Waals surface area contributed by atoms with Gasteiger partial charge in [-0.3, -0.25) is 0 Å². The van der Waals surface area contributed by atoms with Crippen molar-refractivity contribution < 1.29 is 4.74 Å². The van der Waals surface area contributed by atoms with Gasteiger partial charge in [-0.1, -0.05) is 34.1 Å². The van der Waals surface area contributed by atoms with Gasteiger partial charge in [0.15, 0.2) is 0 Å². The highest BCUT2D eigenvalue weighted by atomic mass is 79.9. The van der Waals surface area contributed by atoms with E-state index in [1.807, 2.05) is 18.3 Å². The van der Waals surface area contributed by atoms with E-state index in [1.54, 1.807) is 18.0 Å². The van der Waals surface area contributed by atoms with E-state index in [4.69, 9.17) is 4.74 Å². The second kappa shape index (κ2) is 5.95. The Balaban J connectivity index is 2.16. The highest BCUT2D eigenvalue weighted by Gasteiger charge is 2.11. The average molecular weight is 311 g/mol. The van der Waals surface area contributed by atoms with Crippen LogP contribution in [0.2, 0.25) is 0 Å². The van der Waals surface area contributed by atoms with Gasteiger partial charge in [0.2, 0.25) is 5.88 Å². The van der Waals surface area contributed by atoms with Gasteiger partial charge in [0.05, 0.1) is 24.2 Å². The number of hydrogen-bond acceptors (Lipinski definition) is 4. The van der Waals surface area contributed by atoms with Crippen LogP contribution in [-0.4, -0.2) is 27.1 Å². The van der Waals surface area contributed by atoms with Crippen molar-refractivity contribution in [1.82, 2.24) is 20.0 Å². The zero-order valence-electron chi connectivity index (χ0n) is 10.4. The van der Waals surface area contributed by atoms with Crippen LogP contribution in [0, 0.1) is 0 Å². The van der Waals surface area contributed by atoms with Crippen LogP contribution in [0.25, 0.3) is 0 Å². The maximum absolute atomic E-state index is 5.21. The molecule has 0 aliphatic carbocycles. The Kier molecular flexibility index (Phi) is 4.30. The molecule has 0 spiro atoms. The van der Waals surface area contributed by atoms with Gasteiger partial charge < -0.3 is 4.74 Å². The van der Waals surface area contributed by atoms with E-state index in [1.165, 1.54) is 0 Å². The summed E-state index contributed by atoms with van der Waals surface area (Å²) in [6.07, 6.45) is 4.63. The van der Waals surface area contributed by atoms with E-state index >= 15 is 0 Å². The third-order valence-corrected chi connectivity index (χ3v) is 3.73. The quantitative estimate of drug-likeness (QED) is 0.797. The Bertz CT molecular complexity index is 514. The van der Waals surface area contributed by atoms with Gasteiger partial charge in [0.25, 0.3) is 0 Å². The summed E-state index contributed by atoms with van der Waals surface area (Å²) in [7, 11) is 1.62. The van der Waals surface area contributed by atoms with E-state index in [0.29, 0.717) is 12.4 Å². The first-order valence-electron chi connectivity index (χ1n) is 5.76. The molecule has 2 heterocycles. The van der Waals surface area contributed by atoms with Gasteiger partial charge in [0.1, 0.15) is 0 Å². The lowest BCUT2D eigenvalue weighted by Crippen LogP contribution is -2.03. The molecule has 0 aliphatic heterocycles. The Hall–Kier alpha value is -1.43. The lowest BCUT2D eigenvalue weighted by atomic mass is 10.2. The summed E-state index contributed by atoms with van der Waals surface area (Å²) in [4.78, 5) is 4.41. The molecule has 5 nitrogen and oxygen atoms in total. The molecule has 2 rings (SSSR count). The van der Waals surface area contributed by atoms with E-state index in [9.17, 15) is 0 Å². The van der Waals surface area contributed by atoms with Crippen molar-refractivity contribution in [3.05, 3.63) is 35.8 Å². The van der Waals surface area contributed by atoms with Crippen LogP contribution in [0.15, 0.2) is 24.5 Å². The number of hydrogen-bond donors (Lipinski definition) is 0. The molecule has 6 heteroatoms. The topological polar surface area (TPSA) is 52.8 Å². The third kappa shape index (κ3) is 2.87. The first-order valence-corrected chi connectivity index (χ1v) is 6.68. The van der Waals surface area contributed by atoms with Crippen molar-refractivity contribution in [2.45, 2.75) is 24.7 Å². The molecule has 96 valence electrons. The van der Waals surface area contributed by atoms with Crippen LogP contribution < -0.4 is 4.74 Å². The summed E-state index contributed by atoms with van der Waals surface area (Å²) in [5.74, 6) is 0.625. The molecule has 1 unspecified atom stereocenters. The summed E-state index contributed by atoms with van der Waals surface area (Å²) in [5.41, 5.74) is 1.93. The van der Waals surface area contributed by atoms with Crippen molar-refractivity contribution in [3.63, 3.8) is 0 Å². The molecular formula is C12H15BrN4O. The first-order chi connectivity index (χ1) is 8.74. The smallest absolute Gasteiger partial charge is 0.218 e. The third-order valence-electron chi connectivity index (χ3n) is 2.61. The largest absolute Gasteiger partial charge is 0.481 e. The Morgan fingerprint density at radius 2 is 2.33 bits per heavy atom. The van der Waals surface area contributed by atoms with Crippen LogP contribution in [-0.2, 0) is 6.54 Å². The fraction of sp³-hybridized carbons (Fsp3) is 0.417. The van der Waals surface area contributed by atoms with Crippen molar-refractivity contribution in [2.24, 2.45) is 0 Å². The SMILES string of the molecule is CCC(Br)c1cn(Cc2cccnc2OC)nn1. The zero-order valence-corrected chi connectivity index (χ0v) is 12.0. The zero-order chi connectivity index (χ0) is 13.0.